The van der Waals surface area contributed by atoms with E-state index in [0.717, 1.165) is 18.1 Å². The summed E-state index contributed by atoms with van der Waals surface area (Å²) in [5.41, 5.74) is 2.60. The summed E-state index contributed by atoms with van der Waals surface area (Å²) < 4.78 is 5.45. The fourth-order valence-corrected chi connectivity index (χ4v) is 2.29. The average Bonchev–Trinajstić information content (AvgIpc) is 2.38. The Labute approximate surface area is 112 Å². The van der Waals surface area contributed by atoms with Gasteiger partial charge in [0.2, 0.25) is 0 Å². The molecule has 0 amide bonds. The molecular formula is C16H27NO. The molecule has 0 saturated carbocycles. The molecule has 0 aliphatic carbocycles. The van der Waals surface area contributed by atoms with E-state index in [1.54, 1.807) is 7.11 Å². The second-order valence-corrected chi connectivity index (χ2v) is 5.25. The summed E-state index contributed by atoms with van der Waals surface area (Å²) in [4.78, 5) is 0. The maximum atomic E-state index is 5.45. The Balaban J connectivity index is 2.77. The predicted octanol–water partition coefficient (Wildman–Crippen LogP) is 3.57. The Morgan fingerprint density at radius 2 is 2.06 bits per heavy atom. The molecule has 0 heterocycles. The SMILES string of the molecule is CCC(C)CC(Cc1cc(C)ccc1OC)NC. The third-order valence-electron chi connectivity index (χ3n) is 3.69. The number of aryl methyl sites for hydroxylation is 1. The van der Waals surface area contributed by atoms with Crippen molar-refractivity contribution in [1.82, 2.24) is 5.32 Å². The fraction of sp³-hybridized carbons (Fsp3) is 0.625. The first-order valence-electron chi connectivity index (χ1n) is 6.91. The molecule has 1 aromatic carbocycles. The van der Waals surface area contributed by atoms with Crippen LogP contribution in [0.4, 0.5) is 0 Å². The Morgan fingerprint density at radius 1 is 1.33 bits per heavy atom. The Hall–Kier alpha value is -1.02. The minimum atomic E-state index is 0.524. The van der Waals surface area contributed by atoms with Crippen molar-refractivity contribution in [3.8, 4) is 5.75 Å². The molecule has 0 aliphatic rings. The minimum Gasteiger partial charge on any atom is -0.496 e. The number of benzene rings is 1. The maximum absolute atomic E-state index is 5.45. The molecule has 0 spiro atoms. The molecule has 102 valence electrons. The summed E-state index contributed by atoms with van der Waals surface area (Å²) in [7, 11) is 3.80. The first kappa shape index (κ1) is 15.0. The van der Waals surface area contributed by atoms with Crippen LogP contribution in [0.3, 0.4) is 0 Å². The van der Waals surface area contributed by atoms with Gasteiger partial charge in [0.05, 0.1) is 7.11 Å². The van der Waals surface area contributed by atoms with E-state index in [0.29, 0.717) is 6.04 Å². The lowest BCUT2D eigenvalue weighted by Gasteiger charge is -2.21. The highest BCUT2D eigenvalue weighted by Crippen LogP contribution is 2.23. The largest absolute Gasteiger partial charge is 0.496 e. The van der Waals surface area contributed by atoms with Crippen LogP contribution in [0.5, 0.6) is 5.75 Å². The number of hydrogen-bond donors (Lipinski definition) is 1. The Bertz CT molecular complexity index is 362. The second-order valence-electron chi connectivity index (χ2n) is 5.25. The van der Waals surface area contributed by atoms with E-state index >= 15 is 0 Å². The number of hydrogen-bond acceptors (Lipinski definition) is 2. The molecular weight excluding hydrogens is 222 g/mol. The Kier molecular flexibility index (Phi) is 6.20. The van der Waals surface area contributed by atoms with Crippen molar-refractivity contribution in [2.45, 2.75) is 46.1 Å². The summed E-state index contributed by atoms with van der Waals surface area (Å²) in [6, 6.07) is 6.93. The topological polar surface area (TPSA) is 21.3 Å². The zero-order chi connectivity index (χ0) is 13.5. The summed E-state index contributed by atoms with van der Waals surface area (Å²) >= 11 is 0. The smallest absolute Gasteiger partial charge is 0.122 e. The first-order valence-corrected chi connectivity index (χ1v) is 6.91. The van der Waals surface area contributed by atoms with Crippen LogP contribution in [-0.2, 0) is 6.42 Å². The van der Waals surface area contributed by atoms with Crippen LogP contribution in [0, 0.1) is 12.8 Å². The van der Waals surface area contributed by atoms with Crippen molar-refractivity contribution < 1.29 is 4.74 Å². The van der Waals surface area contributed by atoms with Crippen molar-refractivity contribution in [3.63, 3.8) is 0 Å². The highest BCUT2D eigenvalue weighted by Gasteiger charge is 2.13. The first-order chi connectivity index (χ1) is 8.60. The summed E-state index contributed by atoms with van der Waals surface area (Å²) in [5.74, 6) is 1.77. The molecule has 0 aliphatic heterocycles. The van der Waals surface area contributed by atoms with Gasteiger partial charge in [-0.05, 0) is 44.4 Å². The highest BCUT2D eigenvalue weighted by atomic mass is 16.5. The molecule has 0 radical (unpaired) electrons. The highest BCUT2D eigenvalue weighted by molar-refractivity contribution is 5.37. The van der Waals surface area contributed by atoms with E-state index in [2.05, 4.69) is 51.3 Å². The van der Waals surface area contributed by atoms with Gasteiger partial charge in [-0.2, -0.15) is 0 Å². The van der Waals surface area contributed by atoms with Crippen LogP contribution in [0.25, 0.3) is 0 Å². The van der Waals surface area contributed by atoms with Gasteiger partial charge in [0.15, 0.2) is 0 Å². The molecule has 2 nitrogen and oxygen atoms in total. The molecule has 0 fully saturated rings. The summed E-state index contributed by atoms with van der Waals surface area (Å²) in [6.07, 6.45) is 3.49. The van der Waals surface area contributed by atoms with Crippen LogP contribution in [-0.4, -0.2) is 20.2 Å². The zero-order valence-electron chi connectivity index (χ0n) is 12.4. The van der Waals surface area contributed by atoms with Crippen LogP contribution in [0.2, 0.25) is 0 Å². The van der Waals surface area contributed by atoms with E-state index in [1.165, 1.54) is 24.0 Å². The van der Waals surface area contributed by atoms with E-state index in [9.17, 15) is 0 Å². The molecule has 0 bridgehead atoms. The monoisotopic (exact) mass is 249 g/mol. The molecule has 2 heteroatoms. The van der Waals surface area contributed by atoms with Gasteiger partial charge < -0.3 is 10.1 Å². The molecule has 1 aromatic rings. The van der Waals surface area contributed by atoms with Crippen LogP contribution < -0.4 is 10.1 Å². The average molecular weight is 249 g/mol. The van der Waals surface area contributed by atoms with Crippen molar-refractivity contribution in [2.24, 2.45) is 5.92 Å². The maximum Gasteiger partial charge on any atom is 0.122 e. The molecule has 0 saturated heterocycles. The molecule has 18 heavy (non-hydrogen) atoms. The van der Waals surface area contributed by atoms with Gasteiger partial charge in [0, 0.05) is 6.04 Å². The molecule has 2 atom stereocenters. The lowest BCUT2D eigenvalue weighted by molar-refractivity contribution is 0.389. The third-order valence-corrected chi connectivity index (χ3v) is 3.69. The van der Waals surface area contributed by atoms with Crippen LogP contribution in [0.15, 0.2) is 18.2 Å². The van der Waals surface area contributed by atoms with Gasteiger partial charge in [0.1, 0.15) is 5.75 Å². The number of rotatable bonds is 7. The molecule has 0 aromatic heterocycles. The predicted molar refractivity (Wildman–Crippen MR) is 78.4 cm³/mol. The van der Waals surface area contributed by atoms with Gasteiger partial charge in [-0.3, -0.25) is 0 Å². The van der Waals surface area contributed by atoms with Gasteiger partial charge in [-0.25, -0.2) is 0 Å². The van der Waals surface area contributed by atoms with Crippen LogP contribution in [0.1, 0.15) is 37.8 Å². The van der Waals surface area contributed by atoms with Crippen molar-refractivity contribution in [3.05, 3.63) is 29.3 Å². The van der Waals surface area contributed by atoms with E-state index in [4.69, 9.17) is 4.74 Å². The van der Waals surface area contributed by atoms with Gasteiger partial charge in [0.25, 0.3) is 0 Å². The van der Waals surface area contributed by atoms with Crippen molar-refractivity contribution in [1.29, 1.82) is 0 Å². The molecule has 1 N–H and O–H groups in total. The van der Waals surface area contributed by atoms with E-state index in [1.807, 2.05) is 0 Å². The summed E-state index contributed by atoms with van der Waals surface area (Å²) in [5, 5.41) is 3.43. The summed E-state index contributed by atoms with van der Waals surface area (Å²) in [6.45, 7) is 6.70. The quantitative estimate of drug-likeness (QED) is 0.797. The fourth-order valence-electron chi connectivity index (χ4n) is 2.29. The van der Waals surface area contributed by atoms with Crippen molar-refractivity contribution in [2.75, 3.05) is 14.2 Å². The third kappa shape index (κ3) is 4.34. The van der Waals surface area contributed by atoms with Gasteiger partial charge >= 0.3 is 0 Å². The minimum absolute atomic E-state index is 0.524. The van der Waals surface area contributed by atoms with E-state index in [-0.39, 0.29) is 0 Å². The number of ether oxygens (including phenoxy) is 1. The van der Waals surface area contributed by atoms with Crippen molar-refractivity contribution >= 4 is 0 Å². The molecule has 2 unspecified atom stereocenters. The Morgan fingerprint density at radius 3 is 2.61 bits per heavy atom. The molecule has 1 rings (SSSR count). The number of nitrogens with one attached hydrogen (secondary N) is 1. The number of methoxy groups -OCH3 is 1. The van der Waals surface area contributed by atoms with Gasteiger partial charge in [-0.1, -0.05) is 38.0 Å². The van der Waals surface area contributed by atoms with E-state index < -0.39 is 0 Å². The normalized spacial score (nSPS) is 14.3. The lowest BCUT2D eigenvalue weighted by Crippen LogP contribution is -2.29. The zero-order valence-corrected chi connectivity index (χ0v) is 12.4. The lowest BCUT2D eigenvalue weighted by atomic mass is 9.94. The van der Waals surface area contributed by atoms with Gasteiger partial charge in [-0.15, -0.1) is 0 Å². The standard InChI is InChI=1S/C16H27NO/c1-6-12(2)10-15(17-4)11-14-9-13(3)7-8-16(14)18-5/h7-9,12,15,17H,6,10-11H2,1-5H3. The second kappa shape index (κ2) is 7.42. The number of likely N-dealkylation sites (N-methyl/N-ethyl adjacent to an activating group) is 1. The van der Waals surface area contributed by atoms with Crippen LogP contribution >= 0.6 is 0 Å².